The molecule has 1 saturated carbocycles. The van der Waals surface area contributed by atoms with E-state index in [9.17, 15) is 22.8 Å². The van der Waals surface area contributed by atoms with Gasteiger partial charge in [0.15, 0.2) is 0 Å². The first-order valence-electron chi connectivity index (χ1n) is 13.7. The van der Waals surface area contributed by atoms with Crippen LogP contribution in [0.25, 0.3) is 0 Å². The molecule has 8 nitrogen and oxygen atoms in total. The van der Waals surface area contributed by atoms with Crippen molar-refractivity contribution in [2.24, 2.45) is 18.9 Å². The van der Waals surface area contributed by atoms with Crippen molar-refractivity contribution in [1.29, 1.82) is 0 Å². The highest BCUT2D eigenvalue weighted by Crippen LogP contribution is 2.51. The minimum Gasteiger partial charge on any atom is -0.322 e. The van der Waals surface area contributed by atoms with Gasteiger partial charge < -0.3 is 14.5 Å². The normalized spacial score (nSPS) is 23.6. The van der Waals surface area contributed by atoms with Crippen LogP contribution >= 0.6 is 0 Å². The maximum Gasteiger partial charge on any atom is 0.406 e. The largest absolute Gasteiger partial charge is 0.406 e. The van der Waals surface area contributed by atoms with Crippen LogP contribution in [-0.4, -0.2) is 49.4 Å². The molecule has 3 heterocycles. The van der Waals surface area contributed by atoms with E-state index in [1.54, 1.807) is 12.4 Å². The summed E-state index contributed by atoms with van der Waals surface area (Å²) in [5.41, 5.74) is 0.294. The van der Waals surface area contributed by atoms with E-state index in [0.29, 0.717) is 34.2 Å². The highest BCUT2D eigenvalue weighted by atomic mass is 19.4. The molecule has 1 saturated heterocycles. The first kappa shape index (κ1) is 28.1. The van der Waals surface area contributed by atoms with E-state index in [-0.39, 0.29) is 11.0 Å². The summed E-state index contributed by atoms with van der Waals surface area (Å²) < 4.78 is 42.5. The second-order valence-electron chi connectivity index (χ2n) is 11.7. The van der Waals surface area contributed by atoms with Gasteiger partial charge in [0, 0.05) is 32.0 Å². The molecule has 0 unspecified atom stereocenters. The van der Waals surface area contributed by atoms with Crippen molar-refractivity contribution in [2.45, 2.75) is 64.2 Å². The van der Waals surface area contributed by atoms with Crippen molar-refractivity contribution in [2.75, 3.05) is 18.4 Å². The zero-order valence-electron chi connectivity index (χ0n) is 23.0. The number of carbonyl (C=O) groups excluding carboxylic acids is 1. The summed E-state index contributed by atoms with van der Waals surface area (Å²) >= 11 is 0. The number of anilines is 1. The second-order valence-corrected chi connectivity index (χ2v) is 11.7. The number of pyridine rings is 1. The Morgan fingerprint density at radius 3 is 2.60 bits per heavy atom. The number of carbonyl (C=O) groups is 1. The molecule has 1 aliphatic carbocycles. The van der Waals surface area contributed by atoms with Gasteiger partial charge in [-0.25, -0.2) is 0 Å². The first-order valence-corrected chi connectivity index (χ1v) is 13.7. The third kappa shape index (κ3) is 5.84. The predicted octanol–water partition coefficient (Wildman–Crippen LogP) is 4.74. The Morgan fingerprint density at radius 1 is 1.18 bits per heavy atom. The number of hydrogen-bond acceptors (Lipinski definition) is 5. The number of aromatic nitrogens is 4. The highest BCUT2D eigenvalue weighted by Gasteiger charge is 2.48. The van der Waals surface area contributed by atoms with E-state index in [2.05, 4.69) is 34.3 Å². The third-order valence-corrected chi connectivity index (χ3v) is 8.09. The third-order valence-electron chi connectivity index (χ3n) is 8.09. The van der Waals surface area contributed by atoms with Crippen LogP contribution < -0.4 is 10.9 Å². The van der Waals surface area contributed by atoms with Crippen LogP contribution in [0.15, 0.2) is 47.7 Å². The van der Waals surface area contributed by atoms with Crippen molar-refractivity contribution in [3.8, 4) is 0 Å². The number of amides is 1. The number of piperidine rings is 1. The molecule has 0 spiro atoms. The molecule has 11 heteroatoms. The van der Waals surface area contributed by atoms with Gasteiger partial charge in [0.25, 0.3) is 11.5 Å². The van der Waals surface area contributed by atoms with E-state index < -0.39 is 24.2 Å². The molecule has 2 fully saturated rings. The fourth-order valence-electron chi connectivity index (χ4n) is 6.43. The quantitative estimate of drug-likeness (QED) is 0.455. The topological polar surface area (TPSA) is 85.1 Å². The van der Waals surface area contributed by atoms with Crippen LogP contribution in [0, 0.1) is 11.8 Å². The SMILES string of the molecule is CC1CC(c2cccc(NC(=O)c3cc(CN4CCC[C@@H](C)C4)cn(CC(F)(F)F)c3=O)c2)(c2nncn2C)C1. The smallest absolute Gasteiger partial charge is 0.322 e. The number of likely N-dealkylation sites (tertiary alicyclic amines) is 1. The van der Waals surface area contributed by atoms with Gasteiger partial charge in [0.2, 0.25) is 0 Å². The van der Waals surface area contributed by atoms with Crippen molar-refractivity contribution < 1.29 is 18.0 Å². The summed E-state index contributed by atoms with van der Waals surface area (Å²) in [6, 6.07) is 8.80. The number of halogens is 3. The zero-order chi connectivity index (χ0) is 28.7. The molecule has 1 aromatic carbocycles. The summed E-state index contributed by atoms with van der Waals surface area (Å²) in [6.07, 6.45) is 2.14. The predicted molar refractivity (Wildman–Crippen MR) is 145 cm³/mol. The number of alkyl halides is 3. The van der Waals surface area contributed by atoms with Gasteiger partial charge >= 0.3 is 6.18 Å². The van der Waals surface area contributed by atoms with Crippen molar-refractivity contribution in [1.82, 2.24) is 24.2 Å². The summed E-state index contributed by atoms with van der Waals surface area (Å²) in [6.45, 7) is 4.87. The number of nitrogens with zero attached hydrogens (tertiary/aromatic N) is 5. The monoisotopic (exact) mass is 556 g/mol. The average molecular weight is 557 g/mol. The Kier molecular flexibility index (Phi) is 7.60. The van der Waals surface area contributed by atoms with E-state index in [4.69, 9.17) is 0 Å². The molecule has 3 aromatic rings. The van der Waals surface area contributed by atoms with Gasteiger partial charge in [-0.15, -0.1) is 10.2 Å². The molecule has 0 bridgehead atoms. The van der Waals surface area contributed by atoms with Crippen LogP contribution in [0.3, 0.4) is 0 Å². The maximum atomic E-state index is 13.4. The van der Waals surface area contributed by atoms with Crippen molar-refractivity contribution in [3.63, 3.8) is 0 Å². The summed E-state index contributed by atoms with van der Waals surface area (Å²) in [4.78, 5) is 28.6. The molecule has 40 heavy (non-hydrogen) atoms. The maximum absolute atomic E-state index is 13.4. The van der Waals surface area contributed by atoms with E-state index >= 15 is 0 Å². The van der Waals surface area contributed by atoms with Crippen molar-refractivity contribution >= 4 is 11.6 Å². The average Bonchev–Trinajstić information content (AvgIpc) is 3.29. The Bertz CT molecular complexity index is 1440. The summed E-state index contributed by atoms with van der Waals surface area (Å²) in [5.74, 6) is 1.08. The Balaban J connectivity index is 1.44. The van der Waals surface area contributed by atoms with Gasteiger partial charge in [-0.3, -0.25) is 14.5 Å². The molecule has 214 valence electrons. The molecule has 2 aliphatic rings. The molecule has 1 amide bonds. The minimum atomic E-state index is -4.60. The lowest BCUT2D eigenvalue weighted by Crippen LogP contribution is -2.43. The Hall–Kier alpha value is -3.47. The molecule has 5 rings (SSSR count). The number of nitrogens with one attached hydrogen (secondary N) is 1. The van der Waals surface area contributed by atoms with Crippen molar-refractivity contribution in [3.05, 3.63) is 75.7 Å². The minimum absolute atomic E-state index is 0.308. The Morgan fingerprint density at radius 2 is 1.95 bits per heavy atom. The summed E-state index contributed by atoms with van der Waals surface area (Å²) in [7, 11) is 1.90. The van der Waals surface area contributed by atoms with Crippen LogP contribution in [0.4, 0.5) is 18.9 Å². The number of benzene rings is 1. The molecule has 1 atom stereocenters. The number of hydrogen-bond donors (Lipinski definition) is 1. The molecular weight excluding hydrogens is 521 g/mol. The zero-order valence-corrected chi connectivity index (χ0v) is 23.0. The van der Waals surface area contributed by atoms with Gasteiger partial charge in [-0.1, -0.05) is 26.0 Å². The van der Waals surface area contributed by atoms with E-state index in [1.165, 1.54) is 12.3 Å². The fraction of sp³-hybridized carbons (Fsp3) is 0.517. The summed E-state index contributed by atoms with van der Waals surface area (Å²) in [5, 5.41) is 11.2. The molecule has 0 radical (unpaired) electrons. The van der Waals surface area contributed by atoms with Gasteiger partial charge in [0.05, 0.1) is 5.41 Å². The van der Waals surface area contributed by atoms with Gasteiger partial charge in [-0.2, -0.15) is 13.2 Å². The van der Waals surface area contributed by atoms with Crippen LogP contribution in [0.1, 0.15) is 66.8 Å². The van der Waals surface area contributed by atoms with Gasteiger partial charge in [-0.05, 0) is 73.4 Å². The first-order chi connectivity index (χ1) is 18.9. The number of aryl methyl sites for hydroxylation is 1. The Labute approximate surface area is 231 Å². The molecule has 2 aromatic heterocycles. The molecule has 1 N–H and O–H groups in total. The van der Waals surface area contributed by atoms with E-state index in [1.807, 2.05) is 29.8 Å². The van der Waals surface area contributed by atoms with Crippen LogP contribution in [-0.2, 0) is 25.6 Å². The highest BCUT2D eigenvalue weighted by molar-refractivity contribution is 6.04. The lowest BCUT2D eigenvalue weighted by atomic mass is 9.58. The van der Waals surface area contributed by atoms with Crippen LogP contribution in [0.2, 0.25) is 0 Å². The second kappa shape index (κ2) is 10.8. The fourth-order valence-corrected chi connectivity index (χ4v) is 6.43. The van der Waals surface area contributed by atoms with Crippen LogP contribution in [0.5, 0.6) is 0 Å². The lowest BCUT2D eigenvalue weighted by molar-refractivity contribution is -0.141. The number of rotatable bonds is 7. The van der Waals surface area contributed by atoms with E-state index in [0.717, 1.165) is 50.2 Å². The van der Waals surface area contributed by atoms with Gasteiger partial charge in [0.1, 0.15) is 24.3 Å². The lowest BCUT2D eigenvalue weighted by Gasteiger charge is -2.46. The molecular formula is C29H35F3N6O2. The standard InChI is InChI=1S/C29H35F3N6O2/c1-19-6-5-9-37(14-19)15-21-10-24(26(40)38(16-21)17-29(30,31)32)25(39)34-23-8-4-7-22(11-23)28(12-20(2)13-28)27-35-33-18-36(27)3/h4,7-8,10-11,16,18-20H,5-6,9,12-15,17H2,1-3H3,(H,34,39)/t19-,20?,28?/m1/s1. The molecule has 1 aliphatic heterocycles.